The molecule has 4 heteroatoms. The van der Waals surface area contributed by atoms with E-state index in [-0.39, 0.29) is 5.78 Å². The van der Waals surface area contributed by atoms with Crippen LogP contribution in [0.4, 0.5) is 0 Å². The number of hydrogen-bond acceptors (Lipinski definition) is 3. The maximum absolute atomic E-state index is 11.1. The number of Topliss-reactive ketones (excluding diaryl/α,β-unsaturated/α-hetero) is 1. The van der Waals surface area contributed by atoms with Crippen molar-refractivity contribution in [2.75, 3.05) is 13.6 Å². The topological polar surface area (TPSA) is 38.1 Å². The zero-order chi connectivity index (χ0) is 10.8. The molecule has 82 valence electrons. The summed E-state index contributed by atoms with van der Waals surface area (Å²) >= 11 is 0. The molecule has 1 aromatic rings. The van der Waals surface area contributed by atoms with Crippen LogP contribution >= 0.6 is 0 Å². The van der Waals surface area contributed by atoms with Crippen molar-refractivity contribution < 1.29 is 4.79 Å². The van der Waals surface area contributed by atoms with Crippen molar-refractivity contribution in [1.82, 2.24) is 14.7 Å². The third-order valence-electron chi connectivity index (χ3n) is 3.11. The van der Waals surface area contributed by atoms with Gasteiger partial charge in [0.2, 0.25) is 0 Å². The van der Waals surface area contributed by atoms with Gasteiger partial charge in [0.15, 0.2) is 5.78 Å². The predicted molar refractivity (Wildman–Crippen MR) is 57.9 cm³/mol. The van der Waals surface area contributed by atoms with Crippen LogP contribution in [-0.2, 0) is 6.54 Å². The summed E-state index contributed by atoms with van der Waals surface area (Å²) in [5.41, 5.74) is 0.704. The highest BCUT2D eigenvalue weighted by molar-refractivity contribution is 5.93. The van der Waals surface area contributed by atoms with Crippen molar-refractivity contribution in [2.24, 2.45) is 0 Å². The fourth-order valence-corrected chi connectivity index (χ4v) is 2.07. The van der Waals surface area contributed by atoms with E-state index in [4.69, 9.17) is 0 Å². The molecule has 0 bridgehead atoms. The Morgan fingerprint density at radius 1 is 1.67 bits per heavy atom. The number of nitrogens with zero attached hydrogens (tertiary/aromatic N) is 3. The summed E-state index contributed by atoms with van der Waals surface area (Å²) in [4.78, 5) is 13.5. The number of hydrogen-bond donors (Lipinski definition) is 0. The quantitative estimate of drug-likeness (QED) is 0.698. The fourth-order valence-electron chi connectivity index (χ4n) is 2.07. The van der Waals surface area contributed by atoms with Crippen LogP contribution in [0.1, 0.15) is 30.1 Å². The fraction of sp³-hybridized carbons (Fsp3) is 0.636. The number of rotatable bonds is 3. The van der Waals surface area contributed by atoms with Crippen molar-refractivity contribution >= 4 is 5.78 Å². The summed E-state index contributed by atoms with van der Waals surface area (Å²) in [6.45, 7) is 3.64. The zero-order valence-corrected chi connectivity index (χ0v) is 9.31. The second kappa shape index (κ2) is 4.14. The lowest BCUT2D eigenvalue weighted by molar-refractivity contribution is 0.101. The Labute approximate surface area is 89.9 Å². The number of carbonyl (C=O) groups is 1. The Morgan fingerprint density at radius 2 is 2.47 bits per heavy atom. The minimum absolute atomic E-state index is 0.0843. The minimum atomic E-state index is 0.0843. The van der Waals surface area contributed by atoms with Crippen LogP contribution in [0.25, 0.3) is 0 Å². The first kappa shape index (κ1) is 10.4. The van der Waals surface area contributed by atoms with Gasteiger partial charge in [0.05, 0.1) is 18.3 Å². The van der Waals surface area contributed by atoms with E-state index in [9.17, 15) is 4.79 Å². The molecule has 1 unspecified atom stereocenters. The smallest absolute Gasteiger partial charge is 0.162 e. The average molecular weight is 207 g/mol. The van der Waals surface area contributed by atoms with Gasteiger partial charge >= 0.3 is 0 Å². The van der Waals surface area contributed by atoms with Crippen LogP contribution in [0.2, 0.25) is 0 Å². The maximum atomic E-state index is 11.1. The van der Waals surface area contributed by atoms with Gasteiger partial charge in [0, 0.05) is 12.2 Å². The maximum Gasteiger partial charge on any atom is 0.162 e. The van der Waals surface area contributed by atoms with Gasteiger partial charge in [-0.25, -0.2) is 0 Å². The van der Waals surface area contributed by atoms with Gasteiger partial charge in [-0.2, -0.15) is 5.10 Å². The van der Waals surface area contributed by atoms with Crippen molar-refractivity contribution in [3.05, 3.63) is 18.0 Å². The molecule has 4 nitrogen and oxygen atoms in total. The highest BCUT2D eigenvalue weighted by Gasteiger charge is 2.21. The second-order valence-corrected chi connectivity index (χ2v) is 4.28. The molecular formula is C11H17N3O. The summed E-state index contributed by atoms with van der Waals surface area (Å²) in [7, 11) is 2.15. The van der Waals surface area contributed by atoms with Crippen LogP contribution in [0.15, 0.2) is 12.4 Å². The molecular weight excluding hydrogens is 190 g/mol. The van der Waals surface area contributed by atoms with Crippen molar-refractivity contribution in [1.29, 1.82) is 0 Å². The van der Waals surface area contributed by atoms with E-state index in [2.05, 4.69) is 17.0 Å². The molecule has 1 fully saturated rings. The number of aromatic nitrogens is 2. The lowest BCUT2D eigenvalue weighted by Crippen LogP contribution is -2.29. The number of ketones is 1. The third kappa shape index (κ3) is 2.26. The van der Waals surface area contributed by atoms with Crippen molar-refractivity contribution in [2.45, 2.75) is 32.4 Å². The first-order chi connectivity index (χ1) is 7.16. The summed E-state index contributed by atoms with van der Waals surface area (Å²) in [6, 6.07) is 0.574. The highest BCUT2D eigenvalue weighted by atomic mass is 16.1. The van der Waals surface area contributed by atoms with Gasteiger partial charge in [-0.1, -0.05) is 0 Å². The van der Waals surface area contributed by atoms with Crippen LogP contribution in [0.3, 0.4) is 0 Å². The Hall–Kier alpha value is -1.16. The van der Waals surface area contributed by atoms with Gasteiger partial charge < -0.3 is 4.90 Å². The molecule has 0 spiro atoms. The standard InChI is InChI=1S/C11H17N3O/c1-9(15)10-6-12-14(7-10)8-11-4-3-5-13(11)2/h6-7,11H,3-5,8H2,1-2H3. The summed E-state index contributed by atoms with van der Waals surface area (Å²) in [6.07, 6.45) is 5.99. The second-order valence-electron chi connectivity index (χ2n) is 4.28. The summed E-state index contributed by atoms with van der Waals surface area (Å²) in [5.74, 6) is 0.0843. The van der Waals surface area contributed by atoms with Crippen LogP contribution < -0.4 is 0 Å². The van der Waals surface area contributed by atoms with E-state index in [1.807, 2.05) is 10.9 Å². The molecule has 0 aromatic carbocycles. The molecule has 2 heterocycles. The van der Waals surface area contributed by atoms with Gasteiger partial charge in [-0.15, -0.1) is 0 Å². The summed E-state index contributed by atoms with van der Waals surface area (Å²) in [5, 5.41) is 4.20. The largest absolute Gasteiger partial charge is 0.302 e. The first-order valence-electron chi connectivity index (χ1n) is 5.40. The van der Waals surface area contributed by atoms with Gasteiger partial charge in [-0.3, -0.25) is 9.48 Å². The summed E-state index contributed by atoms with van der Waals surface area (Å²) < 4.78 is 1.88. The Bertz CT molecular complexity index is 358. The van der Waals surface area contributed by atoms with Crippen molar-refractivity contribution in [3.8, 4) is 0 Å². The molecule has 1 atom stereocenters. The van der Waals surface area contributed by atoms with E-state index in [0.717, 1.165) is 6.54 Å². The molecule has 1 saturated heterocycles. The third-order valence-corrected chi connectivity index (χ3v) is 3.11. The van der Waals surface area contributed by atoms with E-state index >= 15 is 0 Å². The van der Waals surface area contributed by atoms with Crippen LogP contribution in [0, 0.1) is 0 Å². The average Bonchev–Trinajstić information content (AvgIpc) is 2.77. The predicted octanol–water partition coefficient (Wildman–Crippen LogP) is 1.18. The van der Waals surface area contributed by atoms with Crippen molar-refractivity contribution in [3.63, 3.8) is 0 Å². The molecule has 0 radical (unpaired) electrons. The Morgan fingerprint density at radius 3 is 3.00 bits per heavy atom. The molecule has 1 aliphatic rings. The Balaban J connectivity index is 2.01. The van der Waals surface area contributed by atoms with Crippen LogP contribution in [-0.4, -0.2) is 40.1 Å². The minimum Gasteiger partial charge on any atom is -0.302 e. The molecule has 0 aliphatic carbocycles. The molecule has 0 N–H and O–H groups in total. The van der Waals surface area contributed by atoms with E-state index < -0.39 is 0 Å². The molecule has 0 saturated carbocycles. The zero-order valence-electron chi connectivity index (χ0n) is 9.31. The normalized spacial score (nSPS) is 22.1. The Kier molecular flexibility index (Phi) is 2.86. The molecule has 15 heavy (non-hydrogen) atoms. The highest BCUT2D eigenvalue weighted by Crippen LogP contribution is 2.16. The lowest BCUT2D eigenvalue weighted by Gasteiger charge is -2.18. The molecule has 2 rings (SSSR count). The lowest BCUT2D eigenvalue weighted by atomic mass is 10.2. The van der Waals surface area contributed by atoms with E-state index in [1.54, 1.807) is 13.1 Å². The van der Waals surface area contributed by atoms with Gasteiger partial charge in [-0.05, 0) is 33.4 Å². The first-order valence-corrected chi connectivity index (χ1v) is 5.40. The molecule has 1 aromatic heterocycles. The van der Waals surface area contributed by atoms with E-state index in [0.29, 0.717) is 11.6 Å². The SMILES string of the molecule is CC(=O)c1cnn(CC2CCCN2C)c1. The molecule has 0 amide bonds. The van der Waals surface area contributed by atoms with Gasteiger partial charge in [0.25, 0.3) is 0 Å². The van der Waals surface area contributed by atoms with Gasteiger partial charge in [0.1, 0.15) is 0 Å². The van der Waals surface area contributed by atoms with Crippen LogP contribution in [0.5, 0.6) is 0 Å². The number of likely N-dealkylation sites (N-methyl/N-ethyl adjacent to an activating group) is 1. The monoisotopic (exact) mass is 207 g/mol. The number of likely N-dealkylation sites (tertiary alicyclic amines) is 1. The van der Waals surface area contributed by atoms with E-state index in [1.165, 1.54) is 19.4 Å². The number of carbonyl (C=O) groups excluding carboxylic acids is 1. The molecule has 1 aliphatic heterocycles.